The number of nitrogens with zero attached hydrogens (tertiary/aromatic N) is 4. The number of benzene rings is 1. The van der Waals surface area contributed by atoms with Gasteiger partial charge in [0, 0.05) is 61.8 Å². The molecule has 33 heavy (non-hydrogen) atoms. The molecule has 2 N–H and O–H groups in total. The maximum Gasteiger partial charge on any atom is 0.152 e. The molecule has 4 heterocycles. The van der Waals surface area contributed by atoms with Gasteiger partial charge in [0.25, 0.3) is 0 Å². The summed E-state index contributed by atoms with van der Waals surface area (Å²) in [4.78, 5) is 10.1. The molecule has 0 radical (unpaired) electrons. The van der Waals surface area contributed by atoms with Crippen molar-refractivity contribution in [3.05, 3.63) is 54.5 Å². The number of aryl methyl sites for hydroxylation is 1. The normalized spacial score (nSPS) is 16.2. The van der Waals surface area contributed by atoms with Gasteiger partial charge in [-0.1, -0.05) is 6.07 Å². The number of hydrogen-bond acceptors (Lipinski definition) is 7. The van der Waals surface area contributed by atoms with Gasteiger partial charge in [-0.2, -0.15) is 5.10 Å². The third kappa shape index (κ3) is 4.71. The molecule has 10 heteroatoms. The van der Waals surface area contributed by atoms with Crippen LogP contribution in [-0.2, 0) is 23.4 Å². The number of ether oxygens (including phenoxy) is 1. The molecule has 0 spiro atoms. The van der Waals surface area contributed by atoms with Crippen LogP contribution in [0.5, 0.6) is 5.75 Å². The van der Waals surface area contributed by atoms with E-state index in [0.29, 0.717) is 31.2 Å². The first-order chi connectivity index (χ1) is 15.9. The highest BCUT2D eigenvalue weighted by atomic mass is 32.2. The molecular formula is C23H26N6O3S. The average Bonchev–Trinajstić information content (AvgIpc) is 3.42. The average molecular weight is 467 g/mol. The molecule has 0 atom stereocenters. The molecule has 4 aromatic rings. The van der Waals surface area contributed by atoms with Gasteiger partial charge in [0.2, 0.25) is 0 Å². The summed E-state index contributed by atoms with van der Waals surface area (Å²) in [7, 11) is 0.651. The standard InChI is InChI=1S/C23H26N6O3S/c1-28-15-18(13-25-28)20-10-17-12-24-23(11-21(17)26-20)27-19-4-3-16(9-22(19)32-2)14-29-5-7-33(30,31)8-6-29/h3-4,9-13,15,26H,5-8,14H2,1-2H3,(H,24,27). The van der Waals surface area contributed by atoms with Gasteiger partial charge in [-0.15, -0.1) is 0 Å². The molecule has 0 saturated carbocycles. The van der Waals surface area contributed by atoms with E-state index in [1.165, 1.54) is 0 Å². The quantitative estimate of drug-likeness (QED) is 0.450. The van der Waals surface area contributed by atoms with Crippen molar-refractivity contribution in [2.75, 3.05) is 37.0 Å². The molecule has 1 aromatic carbocycles. The number of fused-ring (bicyclic) bond motifs is 1. The third-order valence-corrected chi connectivity index (χ3v) is 7.50. The Morgan fingerprint density at radius 1 is 1.15 bits per heavy atom. The van der Waals surface area contributed by atoms with Gasteiger partial charge in [-0.3, -0.25) is 9.58 Å². The first-order valence-corrected chi connectivity index (χ1v) is 12.6. The SMILES string of the molecule is COc1cc(CN2CCS(=O)(=O)CC2)ccc1Nc1cc2[nH]c(-c3cnn(C)c3)cc2cn1. The Balaban J connectivity index is 1.33. The first-order valence-electron chi connectivity index (χ1n) is 10.7. The lowest BCUT2D eigenvalue weighted by atomic mass is 10.1. The smallest absolute Gasteiger partial charge is 0.152 e. The second kappa shape index (κ2) is 8.53. The van der Waals surface area contributed by atoms with Crippen LogP contribution in [-0.4, -0.2) is 64.8 Å². The maximum absolute atomic E-state index is 11.7. The van der Waals surface area contributed by atoms with E-state index in [1.54, 1.807) is 11.8 Å². The summed E-state index contributed by atoms with van der Waals surface area (Å²) in [5.41, 5.74) is 4.87. The van der Waals surface area contributed by atoms with Crippen molar-refractivity contribution < 1.29 is 13.2 Å². The van der Waals surface area contributed by atoms with Crippen molar-refractivity contribution in [3.63, 3.8) is 0 Å². The second-order valence-corrected chi connectivity index (χ2v) is 10.6. The number of nitrogens with one attached hydrogen (secondary N) is 2. The predicted molar refractivity (Wildman–Crippen MR) is 129 cm³/mol. The van der Waals surface area contributed by atoms with Crippen LogP contribution in [0.4, 0.5) is 11.5 Å². The van der Waals surface area contributed by atoms with Crippen LogP contribution in [0, 0.1) is 0 Å². The third-order valence-electron chi connectivity index (χ3n) is 5.89. The summed E-state index contributed by atoms with van der Waals surface area (Å²) in [6.07, 6.45) is 5.62. The summed E-state index contributed by atoms with van der Waals surface area (Å²) in [6.45, 7) is 1.81. The van der Waals surface area contributed by atoms with Crippen molar-refractivity contribution in [1.29, 1.82) is 0 Å². The number of hydrogen-bond donors (Lipinski definition) is 2. The summed E-state index contributed by atoms with van der Waals surface area (Å²) >= 11 is 0. The summed E-state index contributed by atoms with van der Waals surface area (Å²) in [5, 5.41) is 8.59. The van der Waals surface area contributed by atoms with Gasteiger partial charge in [-0.05, 0) is 23.8 Å². The van der Waals surface area contributed by atoms with E-state index in [2.05, 4.69) is 31.3 Å². The highest BCUT2D eigenvalue weighted by Gasteiger charge is 2.21. The van der Waals surface area contributed by atoms with E-state index in [1.807, 2.05) is 49.9 Å². The molecule has 0 aliphatic carbocycles. The van der Waals surface area contributed by atoms with Crippen LogP contribution in [0.2, 0.25) is 0 Å². The Hall–Kier alpha value is -3.37. The van der Waals surface area contributed by atoms with Crippen LogP contribution in [0.15, 0.2) is 48.9 Å². The molecule has 172 valence electrons. The topological polar surface area (TPSA) is 105 Å². The molecule has 0 unspecified atom stereocenters. The van der Waals surface area contributed by atoms with Gasteiger partial charge in [-0.25, -0.2) is 13.4 Å². The van der Waals surface area contributed by atoms with Crippen LogP contribution in [0.1, 0.15) is 5.56 Å². The summed E-state index contributed by atoms with van der Waals surface area (Å²) in [5.74, 6) is 1.86. The zero-order valence-corrected chi connectivity index (χ0v) is 19.4. The second-order valence-electron chi connectivity index (χ2n) is 8.33. The lowest BCUT2D eigenvalue weighted by molar-refractivity contribution is 0.287. The largest absolute Gasteiger partial charge is 0.495 e. The monoisotopic (exact) mass is 466 g/mol. The van der Waals surface area contributed by atoms with E-state index < -0.39 is 9.84 Å². The Labute approximate surface area is 192 Å². The Kier molecular flexibility index (Phi) is 5.55. The van der Waals surface area contributed by atoms with Gasteiger partial charge in [0.05, 0.1) is 36.0 Å². The number of H-pyrrole nitrogens is 1. The molecule has 1 saturated heterocycles. The van der Waals surface area contributed by atoms with E-state index >= 15 is 0 Å². The molecule has 0 bridgehead atoms. The van der Waals surface area contributed by atoms with Gasteiger partial charge in [0.1, 0.15) is 11.6 Å². The van der Waals surface area contributed by atoms with Crippen LogP contribution < -0.4 is 10.1 Å². The Morgan fingerprint density at radius 3 is 2.70 bits per heavy atom. The number of anilines is 2. The fourth-order valence-corrected chi connectivity index (χ4v) is 5.33. The lowest BCUT2D eigenvalue weighted by Gasteiger charge is -2.26. The fraction of sp³-hybridized carbons (Fsp3) is 0.304. The van der Waals surface area contributed by atoms with Gasteiger partial charge < -0.3 is 15.0 Å². The zero-order chi connectivity index (χ0) is 23.0. The van der Waals surface area contributed by atoms with Crippen molar-refractivity contribution in [3.8, 4) is 17.0 Å². The Bertz CT molecular complexity index is 1390. The van der Waals surface area contributed by atoms with Gasteiger partial charge >= 0.3 is 0 Å². The number of rotatable bonds is 6. The van der Waals surface area contributed by atoms with Gasteiger partial charge in [0.15, 0.2) is 9.84 Å². The molecule has 1 fully saturated rings. The predicted octanol–water partition coefficient (Wildman–Crippen LogP) is 2.95. The van der Waals surface area contributed by atoms with Crippen LogP contribution in [0.3, 0.4) is 0 Å². The Morgan fingerprint density at radius 2 is 1.97 bits per heavy atom. The minimum atomic E-state index is -2.88. The molecule has 1 aliphatic rings. The molecule has 1 aliphatic heterocycles. The fourth-order valence-electron chi connectivity index (χ4n) is 4.05. The highest BCUT2D eigenvalue weighted by Crippen LogP contribution is 2.30. The van der Waals surface area contributed by atoms with Crippen LogP contribution in [0.25, 0.3) is 22.2 Å². The van der Waals surface area contributed by atoms with Crippen LogP contribution >= 0.6 is 0 Å². The van der Waals surface area contributed by atoms with E-state index in [-0.39, 0.29) is 11.5 Å². The molecular weight excluding hydrogens is 440 g/mol. The minimum absolute atomic E-state index is 0.221. The summed E-state index contributed by atoms with van der Waals surface area (Å²) in [6, 6.07) is 10.0. The number of methoxy groups -OCH3 is 1. The number of aromatic nitrogens is 4. The first kappa shape index (κ1) is 21.5. The minimum Gasteiger partial charge on any atom is -0.495 e. The summed E-state index contributed by atoms with van der Waals surface area (Å²) < 4.78 is 30.7. The van der Waals surface area contributed by atoms with Crippen molar-refractivity contribution in [2.24, 2.45) is 7.05 Å². The molecule has 9 nitrogen and oxygen atoms in total. The molecule has 3 aromatic heterocycles. The van der Waals surface area contributed by atoms with Crippen molar-refractivity contribution >= 4 is 32.2 Å². The van der Waals surface area contributed by atoms with Crippen molar-refractivity contribution in [2.45, 2.75) is 6.54 Å². The van der Waals surface area contributed by atoms with Crippen molar-refractivity contribution in [1.82, 2.24) is 24.6 Å². The van der Waals surface area contributed by atoms with E-state index in [4.69, 9.17) is 4.74 Å². The van der Waals surface area contributed by atoms with E-state index in [9.17, 15) is 8.42 Å². The molecule has 5 rings (SSSR count). The zero-order valence-electron chi connectivity index (χ0n) is 18.6. The van der Waals surface area contributed by atoms with E-state index in [0.717, 1.165) is 33.4 Å². The highest BCUT2D eigenvalue weighted by molar-refractivity contribution is 7.91. The number of sulfone groups is 1. The molecule has 0 amide bonds. The number of aromatic amines is 1. The lowest BCUT2D eigenvalue weighted by Crippen LogP contribution is -2.39. The maximum atomic E-state index is 11.7. The number of pyridine rings is 1.